The average molecular weight is 178 g/mol. The van der Waals surface area contributed by atoms with Gasteiger partial charge in [0.1, 0.15) is 7.11 Å². The van der Waals surface area contributed by atoms with Crippen molar-refractivity contribution in [3.63, 3.8) is 0 Å². The van der Waals surface area contributed by atoms with E-state index in [0.29, 0.717) is 6.54 Å². The Balaban J connectivity index is 2.85. The van der Waals surface area contributed by atoms with E-state index in [1.807, 2.05) is 31.2 Å². The fourth-order valence-corrected chi connectivity index (χ4v) is 1.07. The van der Waals surface area contributed by atoms with E-state index in [1.165, 1.54) is 7.11 Å². The molecule has 13 heavy (non-hydrogen) atoms. The normalized spacial score (nSPS) is 11.5. The Labute approximate surface area is 78.2 Å². The van der Waals surface area contributed by atoms with Gasteiger partial charge in [0.25, 0.3) is 0 Å². The lowest BCUT2D eigenvalue weighted by molar-refractivity contribution is 0.213. The molecule has 3 nitrogen and oxygen atoms in total. The number of hydrogen-bond donors (Lipinski definition) is 1. The summed E-state index contributed by atoms with van der Waals surface area (Å²) in [6, 6.07) is 7.95. The van der Waals surface area contributed by atoms with E-state index in [0.717, 1.165) is 16.8 Å². The summed E-state index contributed by atoms with van der Waals surface area (Å²) >= 11 is 0. The molecule has 0 radical (unpaired) electrons. The first-order valence-corrected chi connectivity index (χ1v) is 4.15. The van der Waals surface area contributed by atoms with Crippen LogP contribution in [0.25, 0.3) is 0 Å². The van der Waals surface area contributed by atoms with Crippen molar-refractivity contribution in [2.45, 2.75) is 13.5 Å². The number of nitrogens with zero attached hydrogens (tertiary/aromatic N) is 1. The van der Waals surface area contributed by atoms with Gasteiger partial charge in [0.15, 0.2) is 0 Å². The fourth-order valence-electron chi connectivity index (χ4n) is 1.07. The smallest absolute Gasteiger partial charge is 0.106 e. The highest BCUT2D eigenvalue weighted by molar-refractivity contribution is 5.98. The number of oxime groups is 1. The molecular formula is C10H14N2O. The standard InChI is InChI=1S/C10H14N2O/c1-8(12-13-2)10-5-3-9(7-11)4-6-10/h3-6H,7,11H2,1-2H3. The van der Waals surface area contributed by atoms with Crippen LogP contribution < -0.4 is 5.73 Å². The maximum atomic E-state index is 5.48. The van der Waals surface area contributed by atoms with Gasteiger partial charge in [-0.05, 0) is 18.1 Å². The second-order valence-corrected chi connectivity index (χ2v) is 2.76. The zero-order valence-electron chi connectivity index (χ0n) is 7.95. The highest BCUT2D eigenvalue weighted by Gasteiger charge is 1.96. The first-order chi connectivity index (χ1) is 6.27. The highest BCUT2D eigenvalue weighted by Crippen LogP contribution is 2.05. The summed E-state index contributed by atoms with van der Waals surface area (Å²) < 4.78 is 0. The zero-order chi connectivity index (χ0) is 9.68. The summed E-state index contributed by atoms with van der Waals surface area (Å²) in [5.41, 5.74) is 8.52. The van der Waals surface area contributed by atoms with Crippen LogP contribution in [-0.2, 0) is 11.4 Å². The summed E-state index contributed by atoms with van der Waals surface area (Å²) in [7, 11) is 1.54. The molecule has 0 spiro atoms. The van der Waals surface area contributed by atoms with Gasteiger partial charge in [-0.2, -0.15) is 0 Å². The molecule has 1 aromatic rings. The van der Waals surface area contributed by atoms with Crippen molar-refractivity contribution in [1.82, 2.24) is 0 Å². The van der Waals surface area contributed by atoms with E-state index in [2.05, 4.69) is 9.99 Å². The van der Waals surface area contributed by atoms with E-state index in [-0.39, 0.29) is 0 Å². The van der Waals surface area contributed by atoms with Gasteiger partial charge in [-0.1, -0.05) is 29.4 Å². The molecule has 0 saturated heterocycles. The van der Waals surface area contributed by atoms with Crippen LogP contribution in [0.15, 0.2) is 29.4 Å². The lowest BCUT2D eigenvalue weighted by Gasteiger charge is -2.01. The molecule has 70 valence electrons. The van der Waals surface area contributed by atoms with Gasteiger partial charge in [0, 0.05) is 6.54 Å². The maximum absolute atomic E-state index is 5.48. The van der Waals surface area contributed by atoms with Crippen LogP contribution in [0.3, 0.4) is 0 Å². The molecule has 0 saturated carbocycles. The Morgan fingerprint density at radius 2 is 2.00 bits per heavy atom. The Morgan fingerprint density at radius 1 is 1.38 bits per heavy atom. The monoisotopic (exact) mass is 178 g/mol. The van der Waals surface area contributed by atoms with E-state index >= 15 is 0 Å². The topological polar surface area (TPSA) is 47.6 Å². The second-order valence-electron chi connectivity index (χ2n) is 2.76. The first-order valence-electron chi connectivity index (χ1n) is 4.15. The molecule has 3 heteroatoms. The molecule has 0 heterocycles. The van der Waals surface area contributed by atoms with E-state index in [1.54, 1.807) is 0 Å². The number of hydrogen-bond acceptors (Lipinski definition) is 3. The summed E-state index contributed by atoms with van der Waals surface area (Å²) in [5.74, 6) is 0. The third kappa shape index (κ3) is 2.56. The SMILES string of the molecule is CON=C(C)c1ccc(CN)cc1. The van der Waals surface area contributed by atoms with Crippen LogP contribution in [0.5, 0.6) is 0 Å². The Morgan fingerprint density at radius 3 is 2.46 bits per heavy atom. The van der Waals surface area contributed by atoms with Crippen LogP contribution in [0.4, 0.5) is 0 Å². The van der Waals surface area contributed by atoms with Crippen LogP contribution in [-0.4, -0.2) is 12.8 Å². The zero-order valence-corrected chi connectivity index (χ0v) is 7.95. The molecule has 0 aromatic heterocycles. The molecule has 0 unspecified atom stereocenters. The van der Waals surface area contributed by atoms with Crippen molar-refractivity contribution < 1.29 is 4.84 Å². The third-order valence-corrected chi connectivity index (χ3v) is 1.84. The first kappa shape index (κ1) is 9.74. The van der Waals surface area contributed by atoms with Crippen LogP contribution in [0, 0.1) is 0 Å². The predicted molar refractivity (Wildman–Crippen MR) is 53.6 cm³/mol. The second kappa shape index (κ2) is 4.62. The molecule has 1 aromatic carbocycles. The molecule has 0 amide bonds. The van der Waals surface area contributed by atoms with Gasteiger partial charge in [-0.15, -0.1) is 0 Å². The molecule has 0 aliphatic carbocycles. The lowest BCUT2D eigenvalue weighted by atomic mass is 10.1. The lowest BCUT2D eigenvalue weighted by Crippen LogP contribution is -1.98. The van der Waals surface area contributed by atoms with Gasteiger partial charge in [-0.3, -0.25) is 0 Å². The molecule has 1 rings (SSSR count). The van der Waals surface area contributed by atoms with E-state index < -0.39 is 0 Å². The Kier molecular flexibility index (Phi) is 3.46. The van der Waals surface area contributed by atoms with Crippen LogP contribution in [0.1, 0.15) is 18.1 Å². The van der Waals surface area contributed by atoms with Gasteiger partial charge in [0.05, 0.1) is 5.71 Å². The van der Waals surface area contributed by atoms with Crippen molar-refractivity contribution in [3.05, 3.63) is 35.4 Å². The van der Waals surface area contributed by atoms with Crippen LogP contribution >= 0.6 is 0 Å². The van der Waals surface area contributed by atoms with E-state index in [4.69, 9.17) is 5.73 Å². The molecule has 0 aliphatic heterocycles. The van der Waals surface area contributed by atoms with Gasteiger partial charge >= 0.3 is 0 Å². The molecular weight excluding hydrogens is 164 g/mol. The predicted octanol–water partition coefficient (Wildman–Crippen LogP) is 1.52. The Bertz CT molecular complexity index is 290. The van der Waals surface area contributed by atoms with Crippen molar-refractivity contribution >= 4 is 5.71 Å². The maximum Gasteiger partial charge on any atom is 0.106 e. The number of nitrogens with two attached hydrogens (primary N) is 1. The van der Waals surface area contributed by atoms with E-state index in [9.17, 15) is 0 Å². The minimum atomic E-state index is 0.570. The molecule has 0 aliphatic rings. The quantitative estimate of drug-likeness (QED) is 0.563. The minimum absolute atomic E-state index is 0.570. The van der Waals surface area contributed by atoms with Crippen molar-refractivity contribution in [2.24, 2.45) is 10.9 Å². The Hall–Kier alpha value is -1.35. The molecule has 0 fully saturated rings. The summed E-state index contributed by atoms with van der Waals surface area (Å²) in [4.78, 5) is 4.68. The largest absolute Gasteiger partial charge is 0.399 e. The number of benzene rings is 1. The highest BCUT2D eigenvalue weighted by atomic mass is 16.6. The molecule has 2 N–H and O–H groups in total. The van der Waals surface area contributed by atoms with Crippen molar-refractivity contribution in [3.8, 4) is 0 Å². The van der Waals surface area contributed by atoms with Gasteiger partial charge in [-0.25, -0.2) is 0 Å². The fraction of sp³-hybridized carbons (Fsp3) is 0.300. The van der Waals surface area contributed by atoms with Gasteiger partial charge < -0.3 is 10.6 Å². The third-order valence-electron chi connectivity index (χ3n) is 1.84. The number of rotatable bonds is 3. The minimum Gasteiger partial charge on any atom is -0.399 e. The molecule has 0 atom stereocenters. The van der Waals surface area contributed by atoms with Crippen molar-refractivity contribution in [1.29, 1.82) is 0 Å². The van der Waals surface area contributed by atoms with Gasteiger partial charge in [0.2, 0.25) is 0 Å². The summed E-state index contributed by atoms with van der Waals surface area (Å²) in [6.45, 7) is 2.47. The van der Waals surface area contributed by atoms with Crippen LogP contribution in [0.2, 0.25) is 0 Å². The average Bonchev–Trinajstić information content (AvgIpc) is 2.18. The van der Waals surface area contributed by atoms with Crippen molar-refractivity contribution in [2.75, 3.05) is 7.11 Å². The molecule has 0 bridgehead atoms. The summed E-state index contributed by atoms with van der Waals surface area (Å²) in [6.07, 6.45) is 0. The summed E-state index contributed by atoms with van der Waals surface area (Å²) in [5, 5.41) is 3.84.